The van der Waals surface area contributed by atoms with Crippen molar-refractivity contribution in [1.29, 1.82) is 0 Å². The van der Waals surface area contributed by atoms with Crippen molar-refractivity contribution < 1.29 is 38.8 Å². The molecule has 1 atom stereocenters. The molecule has 8 heteroatoms. The second-order valence-corrected chi connectivity index (χ2v) is 4.68. The van der Waals surface area contributed by atoms with Crippen molar-refractivity contribution >= 4 is 17.9 Å². The third-order valence-corrected chi connectivity index (χ3v) is 3.23. The van der Waals surface area contributed by atoms with E-state index in [0.717, 1.165) is 0 Å². The average Bonchev–Trinajstić information content (AvgIpc) is 2.49. The number of carbonyl (C=O) groups excluding carboxylic acids is 3. The molecule has 0 N–H and O–H groups in total. The monoisotopic (exact) mass is 330 g/mol. The maximum Gasteiger partial charge on any atom is 0.307 e. The number of hydrogen-bond donors (Lipinski definition) is 0. The lowest BCUT2D eigenvalue weighted by molar-refractivity contribution is -0.322. The predicted octanol–water partition coefficient (Wildman–Crippen LogP) is -1.57. The van der Waals surface area contributed by atoms with E-state index in [2.05, 4.69) is 6.58 Å². The zero-order valence-corrected chi connectivity index (χ0v) is 13.4. The van der Waals surface area contributed by atoms with E-state index in [1.54, 1.807) is 13.8 Å². The van der Waals surface area contributed by atoms with Crippen molar-refractivity contribution in [3.05, 3.63) is 12.2 Å². The van der Waals surface area contributed by atoms with Gasteiger partial charge in [0.25, 0.3) is 0 Å². The number of carboxylic acids is 2. The summed E-state index contributed by atoms with van der Waals surface area (Å²) in [4.78, 5) is 34.4. The minimum absolute atomic E-state index is 0.0704. The Morgan fingerprint density at radius 3 is 2.04 bits per heavy atom. The standard InChI is InChI=1S/C15H24O8/c1-4-21-7-6-15(14(19)20,11(3)13(17)18)10-12(16)23-9-8-22-5-2/h3-10H2,1-2H3,(H,17,18)(H,19,20)/p-2. The first-order valence-electron chi connectivity index (χ1n) is 7.25. The van der Waals surface area contributed by atoms with E-state index in [9.17, 15) is 24.6 Å². The Morgan fingerprint density at radius 2 is 1.57 bits per heavy atom. The number of aliphatic carboxylic acids is 2. The Bertz CT molecular complexity index is 431. The molecule has 0 bridgehead atoms. The lowest BCUT2D eigenvalue weighted by Crippen LogP contribution is -2.49. The van der Waals surface area contributed by atoms with E-state index in [4.69, 9.17) is 14.2 Å². The Hall–Kier alpha value is -1.93. The summed E-state index contributed by atoms with van der Waals surface area (Å²) in [7, 11) is 0. The SMILES string of the molecule is C=C(C(=O)[O-])C(CCOCC)(CC(=O)OCCOCC)C(=O)[O-]. The van der Waals surface area contributed by atoms with E-state index in [1.165, 1.54) is 0 Å². The largest absolute Gasteiger partial charge is 0.549 e. The Labute approximate surface area is 135 Å². The number of carbonyl (C=O) groups is 3. The molecule has 1 unspecified atom stereocenters. The number of carboxylic acid groups (broad SMARTS) is 2. The average molecular weight is 330 g/mol. The van der Waals surface area contributed by atoms with Crippen LogP contribution in [0.15, 0.2) is 12.2 Å². The molecule has 0 fully saturated rings. The zero-order chi connectivity index (χ0) is 17.9. The van der Waals surface area contributed by atoms with Gasteiger partial charge in [0.1, 0.15) is 6.61 Å². The highest BCUT2D eigenvalue weighted by molar-refractivity contribution is 5.96. The molecule has 0 aliphatic rings. The van der Waals surface area contributed by atoms with E-state index >= 15 is 0 Å². The molecule has 0 aromatic rings. The molecule has 0 rings (SSSR count). The van der Waals surface area contributed by atoms with Crippen LogP contribution in [0.4, 0.5) is 0 Å². The van der Waals surface area contributed by atoms with Crippen LogP contribution < -0.4 is 10.2 Å². The van der Waals surface area contributed by atoms with Gasteiger partial charge in [-0.3, -0.25) is 4.79 Å². The van der Waals surface area contributed by atoms with Gasteiger partial charge in [0.2, 0.25) is 0 Å². The normalized spacial score (nSPS) is 13.1. The zero-order valence-electron chi connectivity index (χ0n) is 13.4. The second kappa shape index (κ2) is 10.7. The molecule has 8 nitrogen and oxygen atoms in total. The maximum absolute atomic E-state index is 11.8. The summed E-state index contributed by atoms with van der Waals surface area (Å²) in [6, 6.07) is 0. The molecule has 0 aromatic heterocycles. The van der Waals surface area contributed by atoms with Gasteiger partial charge in [0.15, 0.2) is 0 Å². The summed E-state index contributed by atoms with van der Waals surface area (Å²) < 4.78 is 14.9. The first-order chi connectivity index (χ1) is 10.8. The summed E-state index contributed by atoms with van der Waals surface area (Å²) in [6.07, 6.45) is -1.03. The predicted molar refractivity (Wildman–Crippen MR) is 74.8 cm³/mol. The van der Waals surface area contributed by atoms with Crippen molar-refractivity contribution in [3.8, 4) is 0 Å². The molecule has 0 heterocycles. The summed E-state index contributed by atoms with van der Waals surface area (Å²) in [5.41, 5.74) is -2.89. The Morgan fingerprint density at radius 1 is 1.00 bits per heavy atom. The fourth-order valence-electron chi connectivity index (χ4n) is 1.89. The first-order valence-corrected chi connectivity index (χ1v) is 7.25. The van der Waals surface area contributed by atoms with Crippen LogP contribution in [0.2, 0.25) is 0 Å². The van der Waals surface area contributed by atoms with E-state index in [1.807, 2.05) is 0 Å². The third-order valence-electron chi connectivity index (χ3n) is 3.23. The number of rotatable bonds is 13. The molecule has 0 saturated heterocycles. The van der Waals surface area contributed by atoms with E-state index < -0.39 is 35.3 Å². The fraction of sp³-hybridized carbons (Fsp3) is 0.667. The number of esters is 1. The van der Waals surface area contributed by atoms with Crippen LogP contribution in [0.5, 0.6) is 0 Å². The molecule has 0 amide bonds. The summed E-state index contributed by atoms with van der Waals surface area (Å²) in [5, 5.41) is 22.6. The number of hydrogen-bond acceptors (Lipinski definition) is 8. The van der Waals surface area contributed by atoms with Crippen molar-refractivity contribution in [3.63, 3.8) is 0 Å². The molecular weight excluding hydrogens is 308 g/mol. The van der Waals surface area contributed by atoms with E-state index in [-0.39, 0.29) is 26.2 Å². The van der Waals surface area contributed by atoms with E-state index in [0.29, 0.717) is 13.2 Å². The highest BCUT2D eigenvalue weighted by Crippen LogP contribution is 2.34. The molecule has 132 valence electrons. The number of ether oxygens (including phenoxy) is 3. The van der Waals surface area contributed by atoms with Crippen molar-refractivity contribution in [2.75, 3.05) is 33.0 Å². The molecule has 23 heavy (non-hydrogen) atoms. The summed E-state index contributed by atoms with van der Waals surface area (Å²) in [6.45, 7) is 7.42. The Balaban J connectivity index is 5.07. The summed E-state index contributed by atoms with van der Waals surface area (Å²) in [5.74, 6) is -4.41. The van der Waals surface area contributed by atoms with Gasteiger partial charge in [-0.05, 0) is 25.8 Å². The summed E-state index contributed by atoms with van der Waals surface area (Å²) >= 11 is 0. The van der Waals surface area contributed by atoms with Gasteiger partial charge in [0, 0.05) is 25.2 Å². The van der Waals surface area contributed by atoms with Crippen molar-refractivity contribution in [2.24, 2.45) is 5.41 Å². The van der Waals surface area contributed by atoms with Crippen molar-refractivity contribution in [1.82, 2.24) is 0 Å². The smallest absolute Gasteiger partial charge is 0.307 e. The third kappa shape index (κ3) is 6.79. The van der Waals surface area contributed by atoms with Crippen LogP contribution in [-0.2, 0) is 28.6 Å². The van der Waals surface area contributed by atoms with Gasteiger partial charge >= 0.3 is 5.97 Å². The molecular formula is C15H22O8-2. The van der Waals surface area contributed by atoms with Gasteiger partial charge < -0.3 is 34.0 Å². The topological polar surface area (TPSA) is 125 Å². The van der Waals surface area contributed by atoms with Crippen LogP contribution in [0.1, 0.15) is 26.7 Å². The second-order valence-electron chi connectivity index (χ2n) is 4.68. The molecule has 0 spiro atoms. The van der Waals surface area contributed by atoms with Crippen LogP contribution in [0, 0.1) is 5.41 Å². The van der Waals surface area contributed by atoms with Gasteiger partial charge in [0.05, 0.1) is 25.0 Å². The highest BCUT2D eigenvalue weighted by atomic mass is 16.6. The van der Waals surface area contributed by atoms with Gasteiger partial charge in [-0.1, -0.05) is 6.58 Å². The van der Waals surface area contributed by atoms with Crippen LogP contribution >= 0.6 is 0 Å². The molecule has 0 saturated carbocycles. The van der Waals surface area contributed by atoms with Gasteiger partial charge in [-0.2, -0.15) is 0 Å². The van der Waals surface area contributed by atoms with Crippen LogP contribution in [0.25, 0.3) is 0 Å². The van der Waals surface area contributed by atoms with Crippen LogP contribution in [-0.4, -0.2) is 50.9 Å². The maximum atomic E-state index is 11.8. The first kappa shape index (κ1) is 21.1. The lowest BCUT2D eigenvalue weighted by atomic mass is 9.75. The Kier molecular flexibility index (Phi) is 9.84. The molecule has 0 aliphatic heterocycles. The highest BCUT2D eigenvalue weighted by Gasteiger charge is 2.38. The van der Waals surface area contributed by atoms with Gasteiger partial charge in [-0.15, -0.1) is 0 Å². The lowest BCUT2D eigenvalue weighted by Gasteiger charge is -2.36. The van der Waals surface area contributed by atoms with Crippen LogP contribution in [0.3, 0.4) is 0 Å². The molecule has 0 aromatic carbocycles. The molecule has 0 aliphatic carbocycles. The minimum atomic E-state index is -2.14. The quantitative estimate of drug-likeness (QED) is 0.225. The minimum Gasteiger partial charge on any atom is -0.549 e. The van der Waals surface area contributed by atoms with Crippen molar-refractivity contribution in [2.45, 2.75) is 26.7 Å². The fourth-order valence-corrected chi connectivity index (χ4v) is 1.89. The molecule has 0 radical (unpaired) electrons. The van der Waals surface area contributed by atoms with Gasteiger partial charge in [-0.25, -0.2) is 0 Å².